The second-order valence-electron chi connectivity index (χ2n) is 5.19. The smallest absolute Gasteiger partial charge is 0.126 e. The number of hydrogen-bond donors (Lipinski definition) is 1. The van der Waals surface area contributed by atoms with Crippen LogP contribution < -0.4 is 5.32 Å². The van der Waals surface area contributed by atoms with Gasteiger partial charge in [0.15, 0.2) is 0 Å². The fraction of sp³-hybridized carbons (Fsp3) is 0.643. The second-order valence-corrected chi connectivity index (χ2v) is 5.60. The predicted octanol–water partition coefficient (Wildman–Crippen LogP) is 3.40. The Balaban J connectivity index is 1.95. The van der Waals surface area contributed by atoms with E-state index in [-0.39, 0.29) is 0 Å². The maximum atomic E-state index is 6.21. The molecule has 4 heteroatoms. The molecule has 0 atom stereocenters. The molecule has 1 aliphatic carbocycles. The molecule has 100 valence electrons. The zero-order valence-electron chi connectivity index (χ0n) is 11.2. The van der Waals surface area contributed by atoms with Crippen LogP contribution in [0.25, 0.3) is 0 Å². The van der Waals surface area contributed by atoms with Crippen LogP contribution in [-0.4, -0.2) is 30.0 Å². The van der Waals surface area contributed by atoms with Crippen molar-refractivity contribution < 1.29 is 0 Å². The van der Waals surface area contributed by atoms with E-state index in [0.717, 1.165) is 48.5 Å². The fourth-order valence-corrected chi connectivity index (χ4v) is 2.17. The van der Waals surface area contributed by atoms with E-state index in [9.17, 15) is 0 Å². The number of aromatic nitrogens is 1. The first-order valence-corrected chi connectivity index (χ1v) is 7.14. The predicted molar refractivity (Wildman–Crippen MR) is 77.1 cm³/mol. The van der Waals surface area contributed by atoms with Gasteiger partial charge in [-0.05, 0) is 44.4 Å². The van der Waals surface area contributed by atoms with Crippen LogP contribution in [0.2, 0.25) is 5.02 Å². The van der Waals surface area contributed by atoms with Crippen LogP contribution in [0.5, 0.6) is 0 Å². The molecule has 1 saturated carbocycles. The molecule has 0 bridgehead atoms. The Hall–Kier alpha value is -0.800. The largest absolute Gasteiger partial charge is 0.370 e. The van der Waals surface area contributed by atoms with Crippen LogP contribution in [-0.2, 0) is 6.54 Å². The second kappa shape index (κ2) is 6.39. The highest BCUT2D eigenvalue weighted by molar-refractivity contribution is 6.31. The molecule has 0 aromatic carbocycles. The van der Waals surface area contributed by atoms with Crippen molar-refractivity contribution in [1.29, 1.82) is 0 Å². The van der Waals surface area contributed by atoms with Gasteiger partial charge in [-0.25, -0.2) is 4.98 Å². The van der Waals surface area contributed by atoms with E-state index in [0.29, 0.717) is 0 Å². The van der Waals surface area contributed by atoms with Gasteiger partial charge in [0, 0.05) is 19.6 Å². The standard InChI is InChI=1S/C14H22ClN3/c1-3-8-16-14-7-6-12(15)13(17-14)10-18(2)9-11-4-5-11/h6-7,11H,3-5,8-10H2,1-2H3,(H,16,17). The van der Waals surface area contributed by atoms with Crippen LogP contribution in [0.1, 0.15) is 31.9 Å². The van der Waals surface area contributed by atoms with Crippen LogP contribution in [0.3, 0.4) is 0 Å². The number of rotatable bonds is 7. The van der Waals surface area contributed by atoms with Crippen molar-refractivity contribution in [3.8, 4) is 0 Å². The Bertz CT molecular complexity index is 391. The molecule has 1 heterocycles. The van der Waals surface area contributed by atoms with Gasteiger partial charge in [-0.1, -0.05) is 18.5 Å². The monoisotopic (exact) mass is 267 g/mol. The number of halogens is 1. The molecule has 0 spiro atoms. The number of hydrogen-bond acceptors (Lipinski definition) is 3. The molecule has 1 fully saturated rings. The van der Waals surface area contributed by atoms with E-state index in [4.69, 9.17) is 11.6 Å². The lowest BCUT2D eigenvalue weighted by Crippen LogP contribution is -2.21. The average Bonchev–Trinajstić information content (AvgIpc) is 3.14. The van der Waals surface area contributed by atoms with Gasteiger partial charge >= 0.3 is 0 Å². The summed E-state index contributed by atoms with van der Waals surface area (Å²) in [6, 6.07) is 3.88. The highest BCUT2D eigenvalue weighted by atomic mass is 35.5. The molecular formula is C14H22ClN3. The van der Waals surface area contributed by atoms with E-state index in [2.05, 4.69) is 29.2 Å². The third-order valence-corrected chi connectivity index (χ3v) is 3.51. The summed E-state index contributed by atoms with van der Waals surface area (Å²) in [5.74, 6) is 1.83. The third-order valence-electron chi connectivity index (χ3n) is 3.16. The highest BCUT2D eigenvalue weighted by Gasteiger charge is 2.23. The maximum absolute atomic E-state index is 6.21. The zero-order chi connectivity index (χ0) is 13.0. The van der Waals surface area contributed by atoms with E-state index in [1.165, 1.54) is 12.8 Å². The molecule has 18 heavy (non-hydrogen) atoms. The third kappa shape index (κ3) is 4.14. The Morgan fingerprint density at radius 1 is 1.44 bits per heavy atom. The molecule has 1 N–H and O–H groups in total. The Labute approximate surface area is 115 Å². The minimum absolute atomic E-state index is 0.764. The number of anilines is 1. The van der Waals surface area contributed by atoms with Crippen molar-refractivity contribution in [1.82, 2.24) is 9.88 Å². The van der Waals surface area contributed by atoms with Gasteiger partial charge < -0.3 is 10.2 Å². The van der Waals surface area contributed by atoms with Crippen molar-refractivity contribution in [2.24, 2.45) is 5.92 Å². The summed E-state index contributed by atoms with van der Waals surface area (Å²) in [7, 11) is 2.14. The van der Waals surface area contributed by atoms with Gasteiger partial charge in [-0.2, -0.15) is 0 Å². The lowest BCUT2D eigenvalue weighted by atomic mass is 10.3. The Morgan fingerprint density at radius 2 is 2.22 bits per heavy atom. The summed E-state index contributed by atoms with van der Waals surface area (Å²) in [4.78, 5) is 6.91. The molecular weight excluding hydrogens is 246 g/mol. The summed E-state index contributed by atoms with van der Waals surface area (Å²) >= 11 is 6.21. The molecule has 3 nitrogen and oxygen atoms in total. The van der Waals surface area contributed by atoms with Crippen LogP contribution in [0, 0.1) is 5.92 Å². The van der Waals surface area contributed by atoms with Crippen LogP contribution in [0.15, 0.2) is 12.1 Å². The minimum atomic E-state index is 0.764. The van der Waals surface area contributed by atoms with E-state index < -0.39 is 0 Å². The number of nitrogens with zero attached hydrogens (tertiary/aromatic N) is 2. The molecule has 1 aromatic heterocycles. The quantitative estimate of drug-likeness (QED) is 0.821. The summed E-state index contributed by atoms with van der Waals surface area (Å²) in [6.07, 6.45) is 3.86. The topological polar surface area (TPSA) is 28.2 Å². The first kappa shape index (κ1) is 13.6. The summed E-state index contributed by atoms with van der Waals surface area (Å²) < 4.78 is 0. The van der Waals surface area contributed by atoms with Crippen molar-refractivity contribution in [2.75, 3.05) is 25.5 Å². The lowest BCUT2D eigenvalue weighted by molar-refractivity contribution is 0.309. The fourth-order valence-electron chi connectivity index (χ4n) is 2.01. The Morgan fingerprint density at radius 3 is 2.89 bits per heavy atom. The summed E-state index contributed by atoms with van der Waals surface area (Å²) in [5, 5.41) is 4.06. The molecule has 1 aromatic rings. The first-order chi connectivity index (χ1) is 8.69. The number of nitrogens with one attached hydrogen (secondary N) is 1. The van der Waals surface area contributed by atoms with Crippen molar-refractivity contribution in [3.63, 3.8) is 0 Å². The molecule has 0 radical (unpaired) electrons. The van der Waals surface area contributed by atoms with Gasteiger partial charge in [0.2, 0.25) is 0 Å². The van der Waals surface area contributed by atoms with Crippen molar-refractivity contribution in [2.45, 2.75) is 32.7 Å². The average molecular weight is 268 g/mol. The van der Waals surface area contributed by atoms with E-state index in [1.54, 1.807) is 0 Å². The van der Waals surface area contributed by atoms with Gasteiger partial charge in [0.25, 0.3) is 0 Å². The molecule has 0 amide bonds. The molecule has 0 unspecified atom stereocenters. The van der Waals surface area contributed by atoms with Gasteiger partial charge in [-0.15, -0.1) is 0 Å². The molecule has 0 aliphatic heterocycles. The zero-order valence-corrected chi connectivity index (χ0v) is 12.0. The van der Waals surface area contributed by atoms with Crippen molar-refractivity contribution >= 4 is 17.4 Å². The normalized spacial score (nSPS) is 15.1. The van der Waals surface area contributed by atoms with E-state index in [1.807, 2.05) is 12.1 Å². The summed E-state index contributed by atoms with van der Waals surface area (Å²) in [6.45, 7) is 5.08. The maximum Gasteiger partial charge on any atom is 0.126 e. The van der Waals surface area contributed by atoms with E-state index >= 15 is 0 Å². The SMILES string of the molecule is CCCNc1ccc(Cl)c(CN(C)CC2CC2)n1. The lowest BCUT2D eigenvalue weighted by Gasteiger charge is -2.17. The highest BCUT2D eigenvalue weighted by Crippen LogP contribution is 2.30. The van der Waals surface area contributed by atoms with Gasteiger partial charge in [0.05, 0.1) is 10.7 Å². The number of pyridine rings is 1. The van der Waals surface area contributed by atoms with Crippen molar-refractivity contribution in [3.05, 3.63) is 22.8 Å². The van der Waals surface area contributed by atoms with Gasteiger partial charge in [0.1, 0.15) is 5.82 Å². The van der Waals surface area contributed by atoms with Gasteiger partial charge in [-0.3, -0.25) is 0 Å². The molecule has 2 rings (SSSR count). The molecule has 0 saturated heterocycles. The molecule has 1 aliphatic rings. The van der Waals surface area contributed by atoms with Crippen LogP contribution in [0.4, 0.5) is 5.82 Å². The van der Waals surface area contributed by atoms with Crippen LogP contribution >= 0.6 is 11.6 Å². The first-order valence-electron chi connectivity index (χ1n) is 6.77. The Kier molecular flexibility index (Phi) is 4.84. The summed E-state index contributed by atoms with van der Waals surface area (Å²) in [5.41, 5.74) is 0.973. The minimum Gasteiger partial charge on any atom is -0.370 e.